The van der Waals surface area contributed by atoms with E-state index in [1.165, 1.54) is 0 Å². The van der Waals surface area contributed by atoms with E-state index in [2.05, 4.69) is 9.47 Å². The third-order valence-corrected chi connectivity index (χ3v) is 1.88. The number of nitro benzene ring substituents is 1. The van der Waals surface area contributed by atoms with Crippen LogP contribution in [0.4, 0.5) is 10.1 Å². The molecule has 0 aliphatic carbocycles. The van der Waals surface area contributed by atoms with Gasteiger partial charge in [0.15, 0.2) is 5.82 Å². The van der Waals surface area contributed by atoms with Crippen LogP contribution in [0.5, 0.6) is 5.75 Å². The first-order chi connectivity index (χ1) is 7.52. The van der Waals surface area contributed by atoms with Gasteiger partial charge in [0.1, 0.15) is 5.56 Å². The molecule has 0 atom stereocenters. The molecular formula is C9H8FNO5. The van der Waals surface area contributed by atoms with Crippen molar-refractivity contribution in [1.29, 1.82) is 0 Å². The molecule has 86 valence electrons. The predicted octanol–water partition coefficient (Wildman–Crippen LogP) is 1.53. The second-order valence-corrected chi connectivity index (χ2v) is 2.73. The Labute approximate surface area is 89.7 Å². The standard InChI is InChI=1S/C9H8FNO5/c1-15-8-6(10)4-3-5(9(12)16-2)7(8)11(13)14/h3-4H,1-2H3. The Hall–Kier alpha value is -2.18. The molecule has 1 aromatic rings. The minimum Gasteiger partial charge on any atom is -0.488 e. The predicted molar refractivity (Wildman–Crippen MR) is 50.9 cm³/mol. The lowest BCUT2D eigenvalue weighted by Gasteiger charge is -2.06. The zero-order chi connectivity index (χ0) is 12.3. The number of hydrogen-bond donors (Lipinski definition) is 0. The number of benzene rings is 1. The van der Waals surface area contributed by atoms with Crippen LogP contribution in [0.1, 0.15) is 10.4 Å². The van der Waals surface area contributed by atoms with Crippen molar-refractivity contribution in [2.45, 2.75) is 0 Å². The SMILES string of the molecule is COC(=O)c1ccc(F)c(OC)c1[N+](=O)[O-]. The lowest BCUT2D eigenvalue weighted by Crippen LogP contribution is -2.08. The van der Waals surface area contributed by atoms with E-state index in [4.69, 9.17) is 0 Å². The van der Waals surface area contributed by atoms with E-state index in [1.54, 1.807) is 0 Å². The Kier molecular flexibility index (Phi) is 3.39. The fraction of sp³-hybridized carbons (Fsp3) is 0.222. The van der Waals surface area contributed by atoms with Gasteiger partial charge in [-0.15, -0.1) is 0 Å². The topological polar surface area (TPSA) is 78.7 Å². The Morgan fingerprint density at radius 3 is 2.50 bits per heavy atom. The molecule has 1 rings (SSSR count). The summed E-state index contributed by atoms with van der Waals surface area (Å²) in [6.07, 6.45) is 0. The molecule has 0 bridgehead atoms. The number of halogens is 1. The fourth-order valence-electron chi connectivity index (χ4n) is 1.20. The second-order valence-electron chi connectivity index (χ2n) is 2.73. The summed E-state index contributed by atoms with van der Waals surface area (Å²) < 4.78 is 22.1. The molecule has 0 heterocycles. The summed E-state index contributed by atoms with van der Waals surface area (Å²) in [6, 6.07) is 1.87. The molecule has 0 N–H and O–H groups in total. The first-order valence-electron chi connectivity index (χ1n) is 4.12. The Bertz CT molecular complexity index is 446. The van der Waals surface area contributed by atoms with E-state index in [-0.39, 0.29) is 5.56 Å². The van der Waals surface area contributed by atoms with Crippen molar-refractivity contribution in [2.24, 2.45) is 0 Å². The fourth-order valence-corrected chi connectivity index (χ4v) is 1.20. The summed E-state index contributed by atoms with van der Waals surface area (Å²) in [5, 5.41) is 10.7. The first-order valence-corrected chi connectivity index (χ1v) is 4.12. The van der Waals surface area contributed by atoms with E-state index in [9.17, 15) is 19.3 Å². The largest absolute Gasteiger partial charge is 0.488 e. The zero-order valence-corrected chi connectivity index (χ0v) is 8.52. The number of carbonyl (C=O) groups is 1. The van der Waals surface area contributed by atoms with Crippen LogP contribution in [0.15, 0.2) is 12.1 Å². The molecule has 0 unspecified atom stereocenters. The van der Waals surface area contributed by atoms with Crippen LogP contribution in [-0.2, 0) is 4.74 Å². The highest BCUT2D eigenvalue weighted by atomic mass is 19.1. The summed E-state index contributed by atoms with van der Waals surface area (Å²) in [5.74, 6) is -2.43. The number of methoxy groups -OCH3 is 2. The van der Waals surface area contributed by atoms with Gasteiger partial charge in [0.2, 0.25) is 5.75 Å². The van der Waals surface area contributed by atoms with E-state index >= 15 is 0 Å². The third kappa shape index (κ3) is 1.92. The van der Waals surface area contributed by atoms with Gasteiger partial charge in [-0.3, -0.25) is 10.1 Å². The molecule has 0 amide bonds. The highest BCUT2D eigenvalue weighted by molar-refractivity contribution is 5.95. The lowest BCUT2D eigenvalue weighted by atomic mass is 10.1. The Morgan fingerprint density at radius 1 is 1.44 bits per heavy atom. The van der Waals surface area contributed by atoms with E-state index in [0.29, 0.717) is 0 Å². The molecule has 0 aliphatic rings. The van der Waals surface area contributed by atoms with Crippen molar-refractivity contribution in [3.8, 4) is 5.75 Å². The summed E-state index contributed by atoms with van der Waals surface area (Å²) >= 11 is 0. The number of nitro groups is 1. The number of esters is 1. The van der Waals surface area contributed by atoms with Crippen LogP contribution in [0.25, 0.3) is 0 Å². The Balaban J connectivity index is 3.51. The van der Waals surface area contributed by atoms with Crippen LogP contribution in [0.2, 0.25) is 0 Å². The number of ether oxygens (including phenoxy) is 2. The van der Waals surface area contributed by atoms with Gasteiger partial charge in [-0.05, 0) is 12.1 Å². The monoisotopic (exact) mass is 229 g/mol. The van der Waals surface area contributed by atoms with Crippen LogP contribution >= 0.6 is 0 Å². The zero-order valence-electron chi connectivity index (χ0n) is 8.52. The summed E-state index contributed by atoms with van der Waals surface area (Å²) in [7, 11) is 2.15. The highest BCUT2D eigenvalue weighted by Gasteiger charge is 2.28. The molecule has 0 saturated heterocycles. The average molecular weight is 229 g/mol. The maximum atomic E-state index is 13.2. The highest BCUT2D eigenvalue weighted by Crippen LogP contribution is 2.33. The van der Waals surface area contributed by atoms with Crippen molar-refractivity contribution in [2.75, 3.05) is 14.2 Å². The molecule has 0 saturated carbocycles. The van der Waals surface area contributed by atoms with Gasteiger partial charge in [-0.1, -0.05) is 0 Å². The molecule has 16 heavy (non-hydrogen) atoms. The van der Waals surface area contributed by atoms with Crippen molar-refractivity contribution in [1.82, 2.24) is 0 Å². The normalized spacial score (nSPS) is 9.69. The smallest absolute Gasteiger partial charge is 0.345 e. The minimum absolute atomic E-state index is 0.356. The first kappa shape index (κ1) is 11.9. The molecule has 0 spiro atoms. The molecule has 6 nitrogen and oxygen atoms in total. The van der Waals surface area contributed by atoms with E-state index in [1.807, 2.05) is 0 Å². The van der Waals surface area contributed by atoms with Gasteiger partial charge >= 0.3 is 11.7 Å². The summed E-state index contributed by atoms with van der Waals surface area (Å²) in [5.41, 5.74) is -1.10. The lowest BCUT2D eigenvalue weighted by molar-refractivity contribution is -0.386. The number of hydrogen-bond acceptors (Lipinski definition) is 5. The molecule has 0 fully saturated rings. The van der Waals surface area contributed by atoms with Gasteiger partial charge in [-0.2, -0.15) is 0 Å². The van der Waals surface area contributed by atoms with E-state index in [0.717, 1.165) is 26.4 Å². The van der Waals surface area contributed by atoms with Crippen LogP contribution in [-0.4, -0.2) is 25.1 Å². The quantitative estimate of drug-likeness (QED) is 0.446. The van der Waals surface area contributed by atoms with Gasteiger partial charge in [0, 0.05) is 0 Å². The third-order valence-electron chi connectivity index (χ3n) is 1.88. The van der Waals surface area contributed by atoms with Gasteiger partial charge in [-0.25, -0.2) is 9.18 Å². The number of rotatable bonds is 3. The maximum Gasteiger partial charge on any atom is 0.345 e. The van der Waals surface area contributed by atoms with Gasteiger partial charge < -0.3 is 9.47 Å². The molecule has 0 aromatic heterocycles. The van der Waals surface area contributed by atoms with Crippen molar-refractivity contribution >= 4 is 11.7 Å². The van der Waals surface area contributed by atoms with E-state index < -0.39 is 28.1 Å². The van der Waals surface area contributed by atoms with Crippen molar-refractivity contribution in [3.05, 3.63) is 33.6 Å². The molecule has 1 aromatic carbocycles. The second kappa shape index (κ2) is 4.56. The van der Waals surface area contributed by atoms with Gasteiger partial charge in [0.25, 0.3) is 0 Å². The molecule has 0 radical (unpaired) electrons. The number of nitrogens with zero attached hydrogens (tertiary/aromatic N) is 1. The van der Waals surface area contributed by atoms with Gasteiger partial charge in [0.05, 0.1) is 19.1 Å². The summed E-state index contributed by atoms with van der Waals surface area (Å²) in [6.45, 7) is 0. The minimum atomic E-state index is -0.926. The summed E-state index contributed by atoms with van der Waals surface area (Å²) in [4.78, 5) is 21.0. The Morgan fingerprint density at radius 2 is 2.06 bits per heavy atom. The van der Waals surface area contributed by atoms with Crippen molar-refractivity contribution < 1.29 is 23.6 Å². The van der Waals surface area contributed by atoms with Crippen LogP contribution in [0, 0.1) is 15.9 Å². The molecule has 0 aliphatic heterocycles. The van der Waals surface area contributed by atoms with Crippen molar-refractivity contribution in [3.63, 3.8) is 0 Å². The molecular weight excluding hydrogens is 221 g/mol. The van der Waals surface area contributed by atoms with Crippen LogP contribution in [0.3, 0.4) is 0 Å². The average Bonchev–Trinajstić information content (AvgIpc) is 2.27. The number of carbonyl (C=O) groups excluding carboxylic acids is 1. The molecule has 7 heteroatoms. The van der Waals surface area contributed by atoms with Crippen LogP contribution < -0.4 is 4.74 Å². The maximum absolute atomic E-state index is 13.2.